The predicted octanol–water partition coefficient (Wildman–Crippen LogP) is 2.87. The van der Waals surface area contributed by atoms with Crippen molar-refractivity contribution in [3.05, 3.63) is 23.7 Å². The molecule has 2 aromatic rings. The molecule has 22 heavy (non-hydrogen) atoms. The zero-order valence-corrected chi connectivity index (χ0v) is 13.0. The van der Waals surface area contributed by atoms with E-state index in [1.165, 1.54) is 11.3 Å². The summed E-state index contributed by atoms with van der Waals surface area (Å²) in [5, 5.41) is 12.0. The number of fused-ring (bicyclic) bond motifs is 1. The number of rotatable bonds is 2. The summed E-state index contributed by atoms with van der Waals surface area (Å²) in [4.78, 5) is 29.3. The molecule has 6 nitrogen and oxygen atoms in total. The van der Waals surface area contributed by atoms with Crippen molar-refractivity contribution in [1.29, 1.82) is 0 Å². The fourth-order valence-corrected chi connectivity index (χ4v) is 3.55. The fraction of sp³-hybridized carbons (Fsp3) is 0.400. The van der Waals surface area contributed by atoms with E-state index < -0.39 is 11.9 Å². The topological polar surface area (TPSA) is 82.5 Å². The van der Waals surface area contributed by atoms with Gasteiger partial charge in [0, 0.05) is 18.8 Å². The quantitative estimate of drug-likeness (QED) is 0.891. The van der Waals surface area contributed by atoms with Gasteiger partial charge < -0.3 is 15.3 Å². The molecule has 2 unspecified atom stereocenters. The molecule has 1 aliphatic rings. The number of carboxylic acid groups (broad SMARTS) is 1. The molecule has 1 fully saturated rings. The molecule has 2 atom stereocenters. The van der Waals surface area contributed by atoms with E-state index in [4.69, 9.17) is 0 Å². The molecule has 1 aromatic carbocycles. The number of urea groups is 1. The van der Waals surface area contributed by atoms with Crippen molar-refractivity contribution in [2.45, 2.75) is 13.3 Å². The summed E-state index contributed by atoms with van der Waals surface area (Å²) in [6.07, 6.45) is 0.617. The van der Waals surface area contributed by atoms with Crippen LogP contribution in [-0.2, 0) is 4.79 Å². The van der Waals surface area contributed by atoms with Gasteiger partial charge in [0.15, 0.2) is 0 Å². The molecule has 2 heterocycles. The number of amides is 2. The smallest absolute Gasteiger partial charge is 0.321 e. The Kier molecular flexibility index (Phi) is 3.98. The number of carbonyl (C=O) groups excluding carboxylic acids is 1. The van der Waals surface area contributed by atoms with E-state index in [9.17, 15) is 14.7 Å². The lowest BCUT2D eigenvalue weighted by Crippen LogP contribution is -2.47. The molecule has 2 N–H and O–H groups in total. The fourth-order valence-electron chi connectivity index (χ4n) is 2.83. The minimum atomic E-state index is -0.838. The van der Waals surface area contributed by atoms with E-state index in [0.29, 0.717) is 18.7 Å². The van der Waals surface area contributed by atoms with Gasteiger partial charge in [0.2, 0.25) is 0 Å². The second kappa shape index (κ2) is 5.92. The normalized spacial score (nSPS) is 21.8. The molecule has 0 spiro atoms. The second-order valence-corrected chi connectivity index (χ2v) is 6.63. The number of piperidine rings is 1. The summed E-state index contributed by atoms with van der Waals surface area (Å²) < 4.78 is 1.01. The van der Waals surface area contributed by atoms with Crippen molar-refractivity contribution in [3.63, 3.8) is 0 Å². The highest BCUT2D eigenvalue weighted by Gasteiger charge is 2.31. The summed E-state index contributed by atoms with van der Waals surface area (Å²) in [5.74, 6) is -1.14. The Hall–Kier alpha value is -2.15. The van der Waals surface area contributed by atoms with Crippen LogP contribution >= 0.6 is 11.3 Å². The van der Waals surface area contributed by atoms with Crippen molar-refractivity contribution >= 4 is 39.2 Å². The molecule has 3 rings (SSSR count). The number of aliphatic carboxylic acids is 1. The average molecular weight is 319 g/mol. The zero-order valence-electron chi connectivity index (χ0n) is 12.2. The Labute approximate surface area is 131 Å². The lowest BCUT2D eigenvalue weighted by Gasteiger charge is -2.34. The van der Waals surface area contributed by atoms with Gasteiger partial charge in [0.1, 0.15) is 0 Å². The number of anilines is 1. The number of thiazole rings is 1. The largest absolute Gasteiger partial charge is 0.481 e. The molecule has 0 bridgehead atoms. The molecular formula is C15H17N3O3S. The van der Waals surface area contributed by atoms with Gasteiger partial charge in [-0.2, -0.15) is 0 Å². The zero-order chi connectivity index (χ0) is 15.7. The predicted molar refractivity (Wildman–Crippen MR) is 85.1 cm³/mol. The van der Waals surface area contributed by atoms with Crippen molar-refractivity contribution < 1.29 is 14.7 Å². The first kappa shape index (κ1) is 14.8. The Bertz CT molecular complexity index is 715. The SMILES string of the molecule is CC1CC(C(=O)O)CN(C(=O)Nc2ccc3ncsc3c2)C1. The molecule has 1 aliphatic heterocycles. The maximum Gasteiger partial charge on any atom is 0.321 e. The van der Waals surface area contributed by atoms with E-state index in [0.717, 1.165) is 10.2 Å². The van der Waals surface area contributed by atoms with Crippen LogP contribution in [0.1, 0.15) is 13.3 Å². The molecule has 7 heteroatoms. The molecule has 1 saturated heterocycles. The number of carbonyl (C=O) groups is 2. The summed E-state index contributed by atoms with van der Waals surface area (Å²) in [6, 6.07) is 5.30. The number of benzene rings is 1. The third kappa shape index (κ3) is 3.04. The number of nitrogens with zero attached hydrogens (tertiary/aromatic N) is 2. The van der Waals surface area contributed by atoms with Crippen molar-refractivity contribution in [2.75, 3.05) is 18.4 Å². The number of aromatic nitrogens is 1. The minimum Gasteiger partial charge on any atom is -0.481 e. The van der Waals surface area contributed by atoms with Gasteiger partial charge in [0.25, 0.3) is 0 Å². The van der Waals surface area contributed by atoms with Crippen LogP contribution in [0.3, 0.4) is 0 Å². The standard InChI is InChI=1S/C15H17N3O3S/c1-9-4-10(14(19)20)7-18(6-9)15(21)17-11-2-3-12-13(5-11)22-8-16-12/h2-3,5,8-10H,4,6-7H2,1H3,(H,17,21)(H,19,20). The van der Waals surface area contributed by atoms with E-state index in [2.05, 4.69) is 10.3 Å². The highest BCUT2D eigenvalue weighted by molar-refractivity contribution is 7.16. The van der Waals surface area contributed by atoms with E-state index in [1.54, 1.807) is 10.4 Å². The first-order valence-corrected chi connectivity index (χ1v) is 8.03. The van der Waals surface area contributed by atoms with Crippen molar-refractivity contribution in [3.8, 4) is 0 Å². The minimum absolute atomic E-state index is 0.185. The van der Waals surface area contributed by atoms with Crippen molar-refractivity contribution in [1.82, 2.24) is 9.88 Å². The van der Waals surface area contributed by atoms with Gasteiger partial charge in [-0.15, -0.1) is 11.3 Å². The van der Waals surface area contributed by atoms with Crippen LogP contribution in [0.25, 0.3) is 10.2 Å². The first-order valence-electron chi connectivity index (χ1n) is 7.15. The van der Waals surface area contributed by atoms with Crippen LogP contribution in [0.15, 0.2) is 23.7 Å². The van der Waals surface area contributed by atoms with Crippen LogP contribution in [0.4, 0.5) is 10.5 Å². The highest BCUT2D eigenvalue weighted by atomic mass is 32.1. The third-order valence-corrected chi connectivity index (χ3v) is 4.67. The average Bonchev–Trinajstić information content (AvgIpc) is 2.94. The summed E-state index contributed by atoms with van der Waals surface area (Å²) in [6.45, 7) is 2.81. The summed E-state index contributed by atoms with van der Waals surface area (Å²) >= 11 is 1.52. The Balaban J connectivity index is 1.71. The maximum atomic E-state index is 12.4. The lowest BCUT2D eigenvalue weighted by atomic mass is 9.91. The van der Waals surface area contributed by atoms with E-state index >= 15 is 0 Å². The lowest BCUT2D eigenvalue weighted by molar-refractivity contribution is -0.143. The van der Waals surface area contributed by atoms with Gasteiger partial charge in [-0.05, 0) is 30.5 Å². The first-order chi connectivity index (χ1) is 10.5. The second-order valence-electron chi connectivity index (χ2n) is 5.75. The molecule has 0 aliphatic carbocycles. The Morgan fingerprint density at radius 3 is 3.00 bits per heavy atom. The molecule has 1 aromatic heterocycles. The van der Waals surface area contributed by atoms with Crippen LogP contribution in [0, 0.1) is 11.8 Å². The van der Waals surface area contributed by atoms with Gasteiger partial charge in [-0.1, -0.05) is 6.92 Å². The molecular weight excluding hydrogens is 302 g/mol. The molecule has 0 radical (unpaired) electrons. The van der Waals surface area contributed by atoms with Crippen molar-refractivity contribution in [2.24, 2.45) is 11.8 Å². The van der Waals surface area contributed by atoms with Crippen LogP contribution < -0.4 is 5.32 Å². The third-order valence-electron chi connectivity index (χ3n) is 3.88. The number of hydrogen-bond donors (Lipinski definition) is 2. The number of nitrogens with one attached hydrogen (secondary N) is 1. The maximum absolute atomic E-state index is 12.4. The van der Waals surface area contributed by atoms with Crippen LogP contribution in [0.5, 0.6) is 0 Å². The summed E-state index contributed by atoms with van der Waals surface area (Å²) in [7, 11) is 0. The monoisotopic (exact) mass is 319 g/mol. The summed E-state index contributed by atoms with van der Waals surface area (Å²) in [5.41, 5.74) is 3.37. The Morgan fingerprint density at radius 2 is 2.23 bits per heavy atom. The number of hydrogen-bond acceptors (Lipinski definition) is 4. The van der Waals surface area contributed by atoms with E-state index in [-0.39, 0.29) is 18.5 Å². The van der Waals surface area contributed by atoms with Crippen LogP contribution in [0.2, 0.25) is 0 Å². The van der Waals surface area contributed by atoms with Gasteiger partial charge in [-0.25, -0.2) is 9.78 Å². The Morgan fingerprint density at radius 1 is 1.41 bits per heavy atom. The van der Waals surface area contributed by atoms with Gasteiger partial charge in [0.05, 0.1) is 21.6 Å². The number of likely N-dealkylation sites (tertiary alicyclic amines) is 1. The van der Waals surface area contributed by atoms with Gasteiger partial charge in [-0.3, -0.25) is 4.79 Å². The number of carboxylic acids is 1. The highest BCUT2D eigenvalue weighted by Crippen LogP contribution is 2.24. The molecule has 116 valence electrons. The van der Waals surface area contributed by atoms with Gasteiger partial charge >= 0.3 is 12.0 Å². The van der Waals surface area contributed by atoms with E-state index in [1.807, 2.05) is 25.1 Å². The molecule has 0 saturated carbocycles. The molecule has 2 amide bonds. The van der Waals surface area contributed by atoms with Crippen LogP contribution in [-0.4, -0.2) is 40.1 Å².